The Morgan fingerprint density at radius 3 is 2.95 bits per heavy atom. The fraction of sp³-hybridized carbons (Fsp3) is 0.667. The molecule has 1 atom stereocenters. The van der Waals surface area contributed by atoms with Crippen LogP contribution in [-0.2, 0) is 9.53 Å². The molecule has 1 aliphatic carbocycles. The van der Waals surface area contributed by atoms with Crippen molar-refractivity contribution in [3.8, 4) is 0 Å². The lowest BCUT2D eigenvalue weighted by Crippen LogP contribution is -2.43. The number of carbonyl (C=O) groups is 2. The van der Waals surface area contributed by atoms with Crippen LogP contribution >= 0.6 is 0 Å². The smallest absolute Gasteiger partial charge is 0.310 e. The number of hydrogen-bond donors (Lipinski definition) is 1. The third-order valence-corrected chi connectivity index (χ3v) is 4.16. The van der Waals surface area contributed by atoms with E-state index in [1.807, 2.05) is 6.07 Å². The van der Waals surface area contributed by atoms with Gasteiger partial charge in [0.25, 0.3) is 5.91 Å². The summed E-state index contributed by atoms with van der Waals surface area (Å²) in [6.45, 7) is 3.30. The second kappa shape index (κ2) is 5.87. The maximum Gasteiger partial charge on any atom is 0.310 e. The van der Waals surface area contributed by atoms with Crippen molar-refractivity contribution in [2.45, 2.75) is 38.5 Å². The van der Waals surface area contributed by atoms with Crippen LogP contribution in [0.1, 0.15) is 54.7 Å². The van der Waals surface area contributed by atoms with Crippen LogP contribution in [0.25, 0.3) is 0 Å². The maximum atomic E-state index is 12.5. The molecule has 1 N–H and O–H groups in total. The molecule has 1 saturated carbocycles. The molecule has 6 heteroatoms. The summed E-state index contributed by atoms with van der Waals surface area (Å²) < 4.78 is 5.06. The molecule has 3 rings (SSSR count). The number of nitrogens with one attached hydrogen (secondary N) is 1. The number of aromatic nitrogens is 2. The molecule has 1 aliphatic heterocycles. The van der Waals surface area contributed by atoms with Crippen molar-refractivity contribution < 1.29 is 14.3 Å². The lowest BCUT2D eigenvalue weighted by molar-refractivity contribution is -0.149. The van der Waals surface area contributed by atoms with Gasteiger partial charge in [-0.05, 0) is 38.7 Å². The van der Waals surface area contributed by atoms with E-state index >= 15 is 0 Å². The Morgan fingerprint density at radius 1 is 1.43 bits per heavy atom. The van der Waals surface area contributed by atoms with Gasteiger partial charge < -0.3 is 9.64 Å². The first-order chi connectivity index (χ1) is 10.2. The fourth-order valence-electron chi connectivity index (χ4n) is 2.83. The zero-order chi connectivity index (χ0) is 14.8. The minimum Gasteiger partial charge on any atom is -0.466 e. The van der Waals surface area contributed by atoms with E-state index in [1.54, 1.807) is 11.8 Å². The molecule has 6 nitrogen and oxygen atoms in total. The first-order valence-electron chi connectivity index (χ1n) is 7.70. The van der Waals surface area contributed by atoms with Crippen molar-refractivity contribution in [2.75, 3.05) is 19.7 Å². The van der Waals surface area contributed by atoms with Gasteiger partial charge in [0.1, 0.15) is 5.69 Å². The lowest BCUT2D eigenvalue weighted by Gasteiger charge is -2.31. The van der Waals surface area contributed by atoms with Crippen molar-refractivity contribution in [2.24, 2.45) is 5.92 Å². The number of nitrogens with zero attached hydrogens (tertiary/aromatic N) is 2. The van der Waals surface area contributed by atoms with E-state index in [0.29, 0.717) is 31.3 Å². The number of H-pyrrole nitrogens is 1. The number of rotatable bonds is 4. The molecule has 1 aromatic heterocycles. The van der Waals surface area contributed by atoms with Gasteiger partial charge in [0.2, 0.25) is 0 Å². The summed E-state index contributed by atoms with van der Waals surface area (Å²) in [5, 5.41) is 7.08. The van der Waals surface area contributed by atoms with Gasteiger partial charge in [-0.25, -0.2) is 0 Å². The van der Waals surface area contributed by atoms with Crippen molar-refractivity contribution >= 4 is 11.9 Å². The summed E-state index contributed by atoms with van der Waals surface area (Å²) in [6.07, 6.45) is 3.96. The number of esters is 1. The molecule has 21 heavy (non-hydrogen) atoms. The van der Waals surface area contributed by atoms with Gasteiger partial charge in [0.15, 0.2) is 0 Å². The second-order valence-electron chi connectivity index (χ2n) is 5.83. The Kier molecular flexibility index (Phi) is 3.94. The molecule has 1 aromatic rings. The van der Waals surface area contributed by atoms with E-state index in [4.69, 9.17) is 4.74 Å². The van der Waals surface area contributed by atoms with Crippen LogP contribution < -0.4 is 0 Å². The molecule has 0 bridgehead atoms. The summed E-state index contributed by atoms with van der Waals surface area (Å²) >= 11 is 0. The Bertz CT molecular complexity index is 536. The summed E-state index contributed by atoms with van der Waals surface area (Å²) in [4.78, 5) is 26.0. The number of carbonyl (C=O) groups excluding carboxylic acids is 2. The van der Waals surface area contributed by atoms with Gasteiger partial charge in [0, 0.05) is 24.7 Å². The van der Waals surface area contributed by atoms with Crippen LogP contribution in [0.15, 0.2) is 6.07 Å². The van der Waals surface area contributed by atoms with Crippen LogP contribution in [0, 0.1) is 5.92 Å². The highest BCUT2D eigenvalue weighted by atomic mass is 16.5. The quantitative estimate of drug-likeness (QED) is 0.857. The predicted octanol–water partition coefficient (Wildman–Crippen LogP) is 1.70. The molecule has 0 spiro atoms. The SMILES string of the molecule is CCOC(=O)[C@@H]1CCCN(C(=O)c2cc(C3CC3)[nH]n2)C1. The summed E-state index contributed by atoms with van der Waals surface area (Å²) in [7, 11) is 0. The van der Waals surface area contributed by atoms with Gasteiger partial charge in [0.05, 0.1) is 12.5 Å². The van der Waals surface area contributed by atoms with Crippen molar-refractivity contribution in [1.29, 1.82) is 0 Å². The number of piperidine rings is 1. The van der Waals surface area contributed by atoms with E-state index in [-0.39, 0.29) is 17.8 Å². The monoisotopic (exact) mass is 291 g/mol. The normalized spacial score (nSPS) is 22.1. The van der Waals surface area contributed by atoms with E-state index in [1.165, 1.54) is 12.8 Å². The molecule has 114 valence electrons. The Hall–Kier alpha value is -1.85. The van der Waals surface area contributed by atoms with E-state index in [2.05, 4.69) is 10.2 Å². The third-order valence-electron chi connectivity index (χ3n) is 4.16. The van der Waals surface area contributed by atoms with Crippen LogP contribution in [0.2, 0.25) is 0 Å². The third kappa shape index (κ3) is 3.09. The summed E-state index contributed by atoms with van der Waals surface area (Å²) in [5.74, 6) is 0.0556. The van der Waals surface area contributed by atoms with Gasteiger partial charge >= 0.3 is 5.97 Å². The van der Waals surface area contributed by atoms with Crippen molar-refractivity contribution in [1.82, 2.24) is 15.1 Å². The van der Waals surface area contributed by atoms with Gasteiger partial charge in [-0.2, -0.15) is 5.10 Å². The number of aromatic amines is 1. The molecule has 1 amide bonds. The highest BCUT2D eigenvalue weighted by Gasteiger charge is 2.32. The number of ether oxygens (including phenoxy) is 1. The molecule has 2 fully saturated rings. The lowest BCUT2D eigenvalue weighted by atomic mass is 9.98. The Morgan fingerprint density at radius 2 is 2.24 bits per heavy atom. The molecule has 1 saturated heterocycles. The molecular formula is C15H21N3O3. The first-order valence-corrected chi connectivity index (χ1v) is 7.70. The van der Waals surface area contributed by atoms with Crippen molar-refractivity contribution in [3.05, 3.63) is 17.5 Å². The average molecular weight is 291 g/mol. The first kappa shape index (κ1) is 14.1. The largest absolute Gasteiger partial charge is 0.466 e. The molecule has 0 aromatic carbocycles. The number of hydrogen-bond acceptors (Lipinski definition) is 4. The molecule has 2 aliphatic rings. The number of likely N-dealkylation sites (tertiary alicyclic amines) is 1. The van der Waals surface area contributed by atoms with Crippen molar-refractivity contribution in [3.63, 3.8) is 0 Å². The zero-order valence-electron chi connectivity index (χ0n) is 12.3. The molecule has 0 radical (unpaired) electrons. The van der Waals surface area contributed by atoms with Gasteiger partial charge in [-0.1, -0.05) is 0 Å². The second-order valence-corrected chi connectivity index (χ2v) is 5.83. The Balaban J connectivity index is 1.64. The highest BCUT2D eigenvalue weighted by Crippen LogP contribution is 2.39. The van der Waals surface area contributed by atoms with Crippen LogP contribution in [0.4, 0.5) is 0 Å². The Labute approximate surface area is 123 Å². The molecular weight excluding hydrogens is 270 g/mol. The topological polar surface area (TPSA) is 75.3 Å². The van der Waals surface area contributed by atoms with E-state index in [0.717, 1.165) is 18.5 Å². The van der Waals surface area contributed by atoms with E-state index < -0.39 is 0 Å². The average Bonchev–Trinajstić information content (AvgIpc) is 3.24. The fourth-order valence-corrected chi connectivity index (χ4v) is 2.83. The van der Waals surface area contributed by atoms with Crippen LogP contribution in [0.3, 0.4) is 0 Å². The number of amides is 1. The van der Waals surface area contributed by atoms with Gasteiger partial charge in [-0.3, -0.25) is 14.7 Å². The zero-order valence-corrected chi connectivity index (χ0v) is 12.3. The minimum atomic E-state index is -0.204. The van der Waals surface area contributed by atoms with Crippen LogP contribution in [-0.4, -0.2) is 46.7 Å². The predicted molar refractivity (Wildman–Crippen MR) is 75.8 cm³/mol. The summed E-state index contributed by atoms with van der Waals surface area (Å²) in [5.41, 5.74) is 1.51. The highest BCUT2D eigenvalue weighted by molar-refractivity contribution is 5.92. The summed E-state index contributed by atoms with van der Waals surface area (Å²) in [6, 6.07) is 1.86. The van der Waals surface area contributed by atoms with Crippen LogP contribution in [0.5, 0.6) is 0 Å². The standard InChI is InChI=1S/C15H21N3O3/c1-2-21-15(20)11-4-3-7-18(9-11)14(19)13-8-12(16-17-13)10-5-6-10/h8,10-11H,2-7,9H2,1H3,(H,16,17)/t11-/m1/s1. The maximum absolute atomic E-state index is 12.5. The van der Waals surface area contributed by atoms with Gasteiger partial charge in [-0.15, -0.1) is 0 Å². The minimum absolute atomic E-state index is 0.0906. The molecule has 2 heterocycles. The molecule has 0 unspecified atom stereocenters. The van der Waals surface area contributed by atoms with E-state index in [9.17, 15) is 9.59 Å².